The summed E-state index contributed by atoms with van der Waals surface area (Å²) in [5.74, 6) is 2.20. The Morgan fingerprint density at radius 1 is 1.08 bits per heavy atom. The Hall–Kier alpha value is -3.12. The minimum atomic E-state index is 0.458. The first-order valence-corrected chi connectivity index (χ1v) is 13.7. The number of pyridine rings is 2. The molecule has 1 unspecified atom stereocenters. The molecular weight excluding hydrogens is 458 g/mol. The van der Waals surface area contributed by atoms with E-state index in [1.807, 2.05) is 12.3 Å². The minimum absolute atomic E-state index is 0.458. The summed E-state index contributed by atoms with van der Waals surface area (Å²) in [6.45, 7) is 18.2. The Bertz CT molecular complexity index is 1170. The molecule has 0 saturated carbocycles. The van der Waals surface area contributed by atoms with Gasteiger partial charge in [-0.2, -0.15) is 0 Å². The van der Waals surface area contributed by atoms with E-state index in [1.54, 1.807) is 6.20 Å². The van der Waals surface area contributed by atoms with Crippen LogP contribution in [0.15, 0.2) is 36.7 Å². The van der Waals surface area contributed by atoms with Crippen molar-refractivity contribution >= 4 is 11.4 Å². The second-order valence-electron chi connectivity index (χ2n) is 10.5. The molecule has 4 heterocycles. The van der Waals surface area contributed by atoms with Gasteiger partial charge in [0.1, 0.15) is 5.75 Å². The van der Waals surface area contributed by atoms with Gasteiger partial charge >= 0.3 is 0 Å². The highest BCUT2D eigenvalue weighted by atomic mass is 16.5. The first-order chi connectivity index (χ1) is 17.8. The van der Waals surface area contributed by atoms with Gasteiger partial charge in [0.05, 0.1) is 6.67 Å². The van der Waals surface area contributed by atoms with Gasteiger partial charge in [-0.3, -0.25) is 10.3 Å². The van der Waals surface area contributed by atoms with Crippen molar-refractivity contribution in [3.63, 3.8) is 0 Å². The van der Waals surface area contributed by atoms with Gasteiger partial charge in [-0.25, -0.2) is 4.98 Å². The van der Waals surface area contributed by atoms with Gasteiger partial charge in [0.15, 0.2) is 0 Å². The zero-order valence-electron chi connectivity index (χ0n) is 23.6. The van der Waals surface area contributed by atoms with Crippen LogP contribution in [0.4, 0.5) is 11.4 Å². The fourth-order valence-corrected chi connectivity index (χ4v) is 5.64. The molecule has 2 aromatic heterocycles. The van der Waals surface area contributed by atoms with Gasteiger partial charge in [-0.05, 0) is 76.1 Å². The summed E-state index contributed by atoms with van der Waals surface area (Å²) >= 11 is 0. The Morgan fingerprint density at radius 3 is 2.49 bits per heavy atom. The Labute approximate surface area is 222 Å². The van der Waals surface area contributed by atoms with E-state index in [0.29, 0.717) is 12.0 Å². The molecule has 1 atom stereocenters. The third-order valence-electron chi connectivity index (χ3n) is 7.54. The summed E-state index contributed by atoms with van der Waals surface area (Å²) in [6, 6.07) is 9.20. The maximum absolute atomic E-state index is 6.50. The predicted molar refractivity (Wildman–Crippen MR) is 154 cm³/mol. The van der Waals surface area contributed by atoms with Crippen LogP contribution in [-0.4, -0.2) is 29.2 Å². The highest BCUT2D eigenvalue weighted by molar-refractivity contribution is 5.63. The number of benzene rings is 1. The summed E-state index contributed by atoms with van der Waals surface area (Å²) in [5.41, 5.74) is 9.68. The number of ether oxygens (including phenoxy) is 1. The number of aryl methyl sites for hydroxylation is 4. The lowest BCUT2D eigenvalue weighted by atomic mass is 9.90. The highest BCUT2D eigenvalue weighted by Gasteiger charge is 2.30. The van der Waals surface area contributed by atoms with E-state index in [9.17, 15) is 0 Å². The maximum Gasteiger partial charge on any atom is 0.225 e. The number of nitrogens with zero attached hydrogens (tertiary/aromatic N) is 3. The van der Waals surface area contributed by atoms with Gasteiger partial charge in [-0.15, -0.1) is 0 Å². The van der Waals surface area contributed by atoms with Crippen LogP contribution in [0.5, 0.6) is 11.6 Å². The highest BCUT2D eigenvalue weighted by Crippen LogP contribution is 2.44. The molecule has 3 aromatic rings. The van der Waals surface area contributed by atoms with Crippen LogP contribution < -0.4 is 20.3 Å². The molecule has 198 valence electrons. The van der Waals surface area contributed by atoms with Crippen molar-refractivity contribution in [3.8, 4) is 11.6 Å². The summed E-state index contributed by atoms with van der Waals surface area (Å²) < 4.78 is 6.50. The zero-order chi connectivity index (χ0) is 26.5. The molecule has 0 fully saturated rings. The second kappa shape index (κ2) is 12.0. The summed E-state index contributed by atoms with van der Waals surface area (Å²) in [4.78, 5) is 11.4. The molecule has 2 aliphatic heterocycles. The third kappa shape index (κ3) is 6.07. The molecule has 0 radical (unpaired) electrons. The van der Waals surface area contributed by atoms with E-state index < -0.39 is 0 Å². The smallest absolute Gasteiger partial charge is 0.225 e. The number of hydrogen-bond acceptors (Lipinski definition) is 6. The average molecular weight is 502 g/mol. The van der Waals surface area contributed by atoms with Crippen molar-refractivity contribution < 1.29 is 4.74 Å². The summed E-state index contributed by atoms with van der Waals surface area (Å²) in [5, 5.41) is 6.40. The van der Waals surface area contributed by atoms with Gasteiger partial charge in [0.25, 0.3) is 0 Å². The maximum atomic E-state index is 6.50. The Balaban J connectivity index is 0.000000265. The largest absolute Gasteiger partial charge is 0.438 e. The van der Waals surface area contributed by atoms with Crippen LogP contribution in [0.1, 0.15) is 79.5 Å². The van der Waals surface area contributed by atoms with Gasteiger partial charge in [-0.1, -0.05) is 38.5 Å². The van der Waals surface area contributed by atoms with Crippen LogP contribution >= 0.6 is 0 Å². The normalized spacial score (nSPS) is 16.3. The molecular formula is C31H43N5O. The van der Waals surface area contributed by atoms with E-state index in [4.69, 9.17) is 9.72 Å². The lowest BCUT2D eigenvalue weighted by Gasteiger charge is -2.40. The molecule has 0 amide bonds. The van der Waals surface area contributed by atoms with E-state index in [0.717, 1.165) is 56.3 Å². The van der Waals surface area contributed by atoms with Crippen LogP contribution in [0.3, 0.4) is 0 Å². The zero-order valence-corrected chi connectivity index (χ0v) is 23.6. The quantitative estimate of drug-likeness (QED) is 0.387. The number of nitrogens with one attached hydrogen (secondary N) is 2. The minimum Gasteiger partial charge on any atom is -0.438 e. The predicted octanol–water partition coefficient (Wildman–Crippen LogP) is 7.16. The number of fused-ring (bicyclic) bond motifs is 2. The Morgan fingerprint density at radius 2 is 1.81 bits per heavy atom. The molecule has 6 heteroatoms. The fraction of sp³-hybridized carbons (Fsp3) is 0.484. The lowest BCUT2D eigenvalue weighted by Crippen LogP contribution is -2.39. The second-order valence-corrected chi connectivity index (χ2v) is 10.5. The molecule has 6 nitrogen and oxygen atoms in total. The van der Waals surface area contributed by atoms with Crippen molar-refractivity contribution in [1.29, 1.82) is 0 Å². The van der Waals surface area contributed by atoms with Crippen molar-refractivity contribution in [2.24, 2.45) is 0 Å². The molecule has 0 saturated heterocycles. The van der Waals surface area contributed by atoms with Crippen LogP contribution in [-0.2, 0) is 6.54 Å². The Kier molecular flexibility index (Phi) is 8.70. The first-order valence-electron chi connectivity index (χ1n) is 13.7. The van der Waals surface area contributed by atoms with Gasteiger partial charge in [0, 0.05) is 59.7 Å². The molecule has 0 aliphatic carbocycles. The topological polar surface area (TPSA) is 62.3 Å². The van der Waals surface area contributed by atoms with Gasteiger partial charge < -0.3 is 15.0 Å². The van der Waals surface area contributed by atoms with E-state index in [2.05, 4.69) is 87.2 Å². The SMILES string of the molecule is CCC(CC)N1CCC(C)c2c1cc(C)nc2Oc1c(C)cc(C)cc1C.c1cc2c(cn1)CNCN2. The van der Waals surface area contributed by atoms with E-state index in [-0.39, 0.29) is 0 Å². The van der Waals surface area contributed by atoms with Crippen LogP contribution in [0.2, 0.25) is 0 Å². The number of aromatic nitrogens is 2. The molecule has 5 rings (SSSR count). The molecule has 2 aliphatic rings. The third-order valence-corrected chi connectivity index (χ3v) is 7.54. The molecule has 0 bridgehead atoms. The number of rotatable bonds is 5. The molecule has 0 spiro atoms. The van der Waals surface area contributed by atoms with Gasteiger partial charge in [0.2, 0.25) is 5.88 Å². The van der Waals surface area contributed by atoms with Crippen LogP contribution in [0, 0.1) is 27.7 Å². The standard InChI is InChI=1S/C24H34N2O.C7H9N3/c1-8-20(9-2)26-11-10-16(4)22-21(26)14-19(7)25-24(22)27-23-17(5)12-15(3)13-18(23)6;1-2-8-3-6-4-9-5-10-7(1)6/h12-14,16,20H,8-11H2,1-7H3;1-3,9-10H,4-5H2. The summed E-state index contributed by atoms with van der Waals surface area (Å²) in [6.07, 6.45) is 7.16. The number of hydrogen-bond donors (Lipinski definition) is 2. The van der Waals surface area contributed by atoms with E-state index in [1.165, 1.54) is 39.2 Å². The van der Waals surface area contributed by atoms with Crippen LogP contribution in [0.25, 0.3) is 0 Å². The monoisotopic (exact) mass is 501 g/mol. The first kappa shape index (κ1) is 26.9. The van der Waals surface area contributed by atoms with Crippen molar-refractivity contribution in [3.05, 3.63) is 70.2 Å². The van der Waals surface area contributed by atoms with E-state index >= 15 is 0 Å². The molecule has 1 aromatic carbocycles. The number of anilines is 2. The molecule has 37 heavy (non-hydrogen) atoms. The lowest BCUT2D eigenvalue weighted by molar-refractivity contribution is 0.431. The molecule has 2 N–H and O–H groups in total. The fourth-order valence-electron chi connectivity index (χ4n) is 5.64. The van der Waals surface area contributed by atoms with Crippen molar-refractivity contribution in [1.82, 2.24) is 15.3 Å². The summed E-state index contributed by atoms with van der Waals surface area (Å²) in [7, 11) is 0. The van der Waals surface area contributed by atoms with Crippen molar-refractivity contribution in [2.45, 2.75) is 86.2 Å². The average Bonchev–Trinajstić information content (AvgIpc) is 2.88. The van der Waals surface area contributed by atoms with Crippen molar-refractivity contribution in [2.75, 3.05) is 23.4 Å².